The molecular formula is C50H32N2OS2. The van der Waals surface area contributed by atoms with Gasteiger partial charge in [-0.25, -0.2) is 0 Å². The SMILES string of the molecule is C1=Cc2c(sc3c(-c4ccccc4-c4ccccc4-c4nnc(-c5ccccc5-c5ccccc5-c5cccc6c5sc5ccccc56)o4)cccc23)CC1. The number of nitrogens with zero attached hydrogens (tertiary/aromatic N) is 2. The fraction of sp³-hybridized carbons (Fsp3) is 0.0400. The Labute approximate surface area is 326 Å². The van der Waals surface area contributed by atoms with Crippen molar-refractivity contribution < 1.29 is 4.42 Å². The van der Waals surface area contributed by atoms with Crippen LogP contribution < -0.4 is 0 Å². The molecule has 11 rings (SSSR count). The van der Waals surface area contributed by atoms with Gasteiger partial charge in [-0.15, -0.1) is 32.9 Å². The minimum atomic E-state index is 0.491. The zero-order valence-corrected chi connectivity index (χ0v) is 31.3. The predicted molar refractivity (Wildman–Crippen MR) is 233 cm³/mol. The summed E-state index contributed by atoms with van der Waals surface area (Å²) >= 11 is 3.79. The van der Waals surface area contributed by atoms with E-state index in [2.05, 4.69) is 158 Å². The summed E-state index contributed by atoms with van der Waals surface area (Å²) < 4.78 is 10.6. The van der Waals surface area contributed by atoms with Crippen LogP contribution in [0.25, 0.3) is 104 Å². The van der Waals surface area contributed by atoms with E-state index in [4.69, 9.17) is 14.6 Å². The number of aromatic nitrogens is 2. The van der Waals surface area contributed by atoms with Gasteiger partial charge in [0.15, 0.2) is 0 Å². The Morgan fingerprint density at radius 2 is 0.836 bits per heavy atom. The number of rotatable bonds is 6. The van der Waals surface area contributed by atoms with Gasteiger partial charge in [0.25, 0.3) is 0 Å². The summed E-state index contributed by atoms with van der Waals surface area (Å²) in [5.74, 6) is 0.985. The van der Waals surface area contributed by atoms with E-state index < -0.39 is 0 Å². The molecule has 0 bridgehead atoms. The lowest BCUT2D eigenvalue weighted by Crippen LogP contribution is -1.89. The molecule has 0 atom stereocenters. The van der Waals surface area contributed by atoms with Crippen molar-refractivity contribution in [3.8, 4) is 67.4 Å². The Bertz CT molecular complexity index is 3120. The molecule has 0 saturated carbocycles. The number of aryl methyl sites for hydroxylation is 1. The van der Waals surface area contributed by atoms with Gasteiger partial charge in [0, 0.05) is 57.4 Å². The second-order valence-electron chi connectivity index (χ2n) is 13.9. The summed E-state index contributed by atoms with van der Waals surface area (Å²) in [6.07, 6.45) is 6.81. The molecule has 0 spiro atoms. The first-order valence-corrected chi connectivity index (χ1v) is 20.3. The summed E-state index contributed by atoms with van der Waals surface area (Å²) in [6.45, 7) is 0. The maximum absolute atomic E-state index is 6.68. The van der Waals surface area contributed by atoms with E-state index >= 15 is 0 Å². The van der Waals surface area contributed by atoms with Crippen LogP contribution in [-0.4, -0.2) is 10.2 Å². The summed E-state index contributed by atoms with van der Waals surface area (Å²) in [5, 5.41) is 13.3. The van der Waals surface area contributed by atoms with E-state index in [0.29, 0.717) is 11.8 Å². The lowest BCUT2D eigenvalue weighted by molar-refractivity contribution is 0.585. The Balaban J connectivity index is 1.01. The highest BCUT2D eigenvalue weighted by Gasteiger charge is 2.22. The molecular weight excluding hydrogens is 709 g/mol. The Morgan fingerprint density at radius 3 is 1.44 bits per heavy atom. The smallest absolute Gasteiger partial charge is 0.248 e. The van der Waals surface area contributed by atoms with Crippen LogP contribution in [0.5, 0.6) is 0 Å². The molecule has 0 radical (unpaired) electrons. The topological polar surface area (TPSA) is 38.9 Å². The van der Waals surface area contributed by atoms with Crippen molar-refractivity contribution in [1.29, 1.82) is 0 Å². The Kier molecular flexibility index (Phi) is 7.68. The van der Waals surface area contributed by atoms with Crippen molar-refractivity contribution in [1.82, 2.24) is 10.2 Å². The van der Waals surface area contributed by atoms with Crippen LogP contribution in [0.1, 0.15) is 16.9 Å². The average Bonchev–Trinajstić information content (AvgIpc) is 4.00. The van der Waals surface area contributed by atoms with E-state index in [0.717, 1.165) is 46.2 Å². The monoisotopic (exact) mass is 740 g/mol. The molecule has 260 valence electrons. The normalized spacial score (nSPS) is 12.5. The van der Waals surface area contributed by atoms with Gasteiger partial charge >= 0.3 is 0 Å². The summed E-state index contributed by atoms with van der Waals surface area (Å²) in [4.78, 5) is 1.47. The lowest BCUT2D eigenvalue weighted by atomic mass is 9.91. The minimum absolute atomic E-state index is 0.491. The van der Waals surface area contributed by atoms with Crippen molar-refractivity contribution in [3.05, 3.63) is 174 Å². The molecule has 1 aliphatic rings. The lowest BCUT2D eigenvalue weighted by Gasteiger charge is -2.14. The standard InChI is InChI=1S/C50H32N2OS2/c1-3-17-33(39-25-13-27-41-37-21-9-11-29-45(37)54-47(39)41)31(15-1)35-19-5-7-23-43(35)49-51-52-50(53-49)44-24-8-6-20-36(44)32-16-2-4-18-34(32)40-26-14-28-42-38-22-10-12-30-46(38)55-48(40)42/h1-11,13-29H,12,30H2. The zero-order chi connectivity index (χ0) is 36.3. The largest absolute Gasteiger partial charge is 0.416 e. The highest BCUT2D eigenvalue weighted by atomic mass is 32.1. The van der Waals surface area contributed by atoms with Crippen LogP contribution in [-0.2, 0) is 6.42 Å². The van der Waals surface area contributed by atoms with E-state index in [9.17, 15) is 0 Å². The summed E-state index contributed by atoms with van der Waals surface area (Å²) in [6, 6.07) is 56.1. The maximum Gasteiger partial charge on any atom is 0.248 e. The first-order chi connectivity index (χ1) is 27.3. The van der Waals surface area contributed by atoms with E-state index in [1.54, 1.807) is 0 Å². The van der Waals surface area contributed by atoms with Gasteiger partial charge < -0.3 is 4.42 Å². The van der Waals surface area contributed by atoms with Gasteiger partial charge in [-0.1, -0.05) is 152 Å². The second-order valence-corrected chi connectivity index (χ2v) is 16.1. The minimum Gasteiger partial charge on any atom is -0.416 e. The van der Waals surface area contributed by atoms with Crippen molar-refractivity contribution in [2.45, 2.75) is 12.8 Å². The number of thiophene rings is 2. The van der Waals surface area contributed by atoms with Gasteiger partial charge in [0.2, 0.25) is 11.8 Å². The Hall–Kier alpha value is -6.40. The van der Waals surface area contributed by atoms with Gasteiger partial charge in [0.05, 0.1) is 0 Å². The molecule has 10 aromatic rings. The summed E-state index contributed by atoms with van der Waals surface area (Å²) in [7, 11) is 0. The van der Waals surface area contributed by atoms with Crippen LogP contribution in [0.4, 0.5) is 0 Å². The fourth-order valence-electron chi connectivity index (χ4n) is 8.30. The van der Waals surface area contributed by atoms with Crippen LogP contribution in [0, 0.1) is 0 Å². The second kappa shape index (κ2) is 13.2. The molecule has 0 saturated heterocycles. The van der Waals surface area contributed by atoms with E-state index in [1.165, 1.54) is 63.0 Å². The van der Waals surface area contributed by atoms with Crippen molar-refractivity contribution in [2.75, 3.05) is 0 Å². The number of fused-ring (bicyclic) bond motifs is 6. The average molecular weight is 741 g/mol. The number of allylic oxidation sites excluding steroid dienone is 1. The highest BCUT2D eigenvalue weighted by Crippen LogP contribution is 2.47. The predicted octanol–water partition coefficient (Wildman–Crippen LogP) is 14.6. The van der Waals surface area contributed by atoms with Gasteiger partial charge in [-0.05, 0) is 70.0 Å². The molecule has 55 heavy (non-hydrogen) atoms. The molecule has 0 aliphatic heterocycles. The third-order valence-electron chi connectivity index (χ3n) is 10.8. The molecule has 3 heterocycles. The molecule has 0 fully saturated rings. The van der Waals surface area contributed by atoms with Gasteiger partial charge in [-0.2, -0.15) is 0 Å². The fourth-order valence-corrected chi connectivity index (χ4v) is 10.9. The van der Waals surface area contributed by atoms with Crippen LogP contribution in [0.2, 0.25) is 0 Å². The molecule has 0 amide bonds. The summed E-state index contributed by atoms with van der Waals surface area (Å²) in [5.41, 5.74) is 12.4. The van der Waals surface area contributed by atoms with Crippen LogP contribution in [0.3, 0.4) is 0 Å². The van der Waals surface area contributed by atoms with Crippen molar-refractivity contribution in [2.24, 2.45) is 0 Å². The number of hydrogen-bond acceptors (Lipinski definition) is 5. The van der Waals surface area contributed by atoms with Crippen LogP contribution >= 0.6 is 22.7 Å². The Morgan fingerprint density at radius 1 is 0.400 bits per heavy atom. The van der Waals surface area contributed by atoms with Crippen LogP contribution in [0.15, 0.2) is 168 Å². The first-order valence-electron chi connectivity index (χ1n) is 18.6. The highest BCUT2D eigenvalue weighted by molar-refractivity contribution is 7.26. The molecule has 0 unspecified atom stereocenters. The van der Waals surface area contributed by atoms with Gasteiger partial charge in [-0.3, -0.25) is 0 Å². The third kappa shape index (κ3) is 5.30. The number of hydrogen-bond donors (Lipinski definition) is 0. The quantitative estimate of drug-likeness (QED) is 0.170. The molecule has 5 heteroatoms. The van der Waals surface area contributed by atoms with E-state index in [-0.39, 0.29) is 0 Å². The number of benzene rings is 7. The molecule has 1 aliphatic carbocycles. The van der Waals surface area contributed by atoms with Crippen molar-refractivity contribution in [3.63, 3.8) is 0 Å². The molecule has 3 aromatic heterocycles. The third-order valence-corrected chi connectivity index (χ3v) is 13.3. The zero-order valence-electron chi connectivity index (χ0n) is 29.7. The first kappa shape index (κ1) is 32.1. The van der Waals surface area contributed by atoms with E-state index in [1.807, 2.05) is 34.8 Å². The van der Waals surface area contributed by atoms with Gasteiger partial charge in [0.1, 0.15) is 0 Å². The molecule has 7 aromatic carbocycles. The molecule has 3 nitrogen and oxygen atoms in total. The molecule has 0 N–H and O–H groups in total. The van der Waals surface area contributed by atoms with Crippen molar-refractivity contribution >= 4 is 59.0 Å². The maximum atomic E-state index is 6.68.